The van der Waals surface area contributed by atoms with Crippen LogP contribution in [0.2, 0.25) is 0 Å². The van der Waals surface area contributed by atoms with Crippen LogP contribution >= 0.6 is 0 Å². The minimum Gasteiger partial charge on any atom is -0.452 e. The van der Waals surface area contributed by atoms with Crippen molar-refractivity contribution in [2.45, 2.75) is 38.9 Å². The number of hydrogen-bond acceptors (Lipinski definition) is 4. The first kappa shape index (κ1) is 15.1. The Labute approximate surface area is 145 Å². The van der Waals surface area contributed by atoms with Crippen LogP contribution in [0.5, 0.6) is 0 Å². The minimum atomic E-state index is -0.463. The van der Waals surface area contributed by atoms with E-state index in [1.54, 1.807) is 0 Å². The molecule has 1 aliphatic heterocycles. The summed E-state index contributed by atoms with van der Waals surface area (Å²) in [6.45, 7) is 8.20. The number of furan rings is 2. The molecule has 3 heterocycles. The highest BCUT2D eigenvalue weighted by Gasteiger charge is 2.52. The fourth-order valence-corrected chi connectivity index (χ4v) is 3.41. The maximum Gasteiger partial charge on any atom is 0.498 e. The maximum atomic E-state index is 6.23. The van der Waals surface area contributed by atoms with Crippen molar-refractivity contribution in [2.24, 2.45) is 0 Å². The van der Waals surface area contributed by atoms with E-state index in [0.29, 0.717) is 0 Å². The lowest BCUT2D eigenvalue weighted by molar-refractivity contribution is 0.00578. The smallest absolute Gasteiger partial charge is 0.452 e. The topological polar surface area (TPSA) is 44.7 Å². The summed E-state index contributed by atoms with van der Waals surface area (Å²) < 4.78 is 24.7. The standard InChI is InChI=1S/C20H19BO4/c1-19(2)20(3,4)25-21(24-19)14-10-7-9-13-16(14)23-17-12-8-5-6-11-15(12)22-18(13)17/h5-11H,1-4H3. The molecule has 0 bridgehead atoms. The molecule has 4 aromatic rings. The van der Waals surface area contributed by atoms with Gasteiger partial charge in [-0.3, -0.25) is 0 Å². The summed E-state index contributed by atoms with van der Waals surface area (Å²) in [6, 6.07) is 13.9. The van der Waals surface area contributed by atoms with Crippen LogP contribution in [0.1, 0.15) is 27.7 Å². The Hall–Kier alpha value is -2.24. The summed E-state index contributed by atoms with van der Waals surface area (Å²) in [7, 11) is -0.463. The van der Waals surface area contributed by atoms with Crippen molar-refractivity contribution in [3.05, 3.63) is 42.5 Å². The van der Waals surface area contributed by atoms with Gasteiger partial charge in [-0.2, -0.15) is 0 Å². The van der Waals surface area contributed by atoms with Crippen molar-refractivity contribution in [1.82, 2.24) is 0 Å². The first-order valence-electron chi connectivity index (χ1n) is 8.56. The Morgan fingerprint density at radius 2 is 1.32 bits per heavy atom. The second kappa shape index (κ2) is 4.68. The number of benzene rings is 2. The zero-order valence-corrected chi connectivity index (χ0v) is 14.8. The highest BCUT2D eigenvalue weighted by Crippen LogP contribution is 2.39. The summed E-state index contributed by atoms with van der Waals surface area (Å²) in [4.78, 5) is 0. The van der Waals surface area contributed by atoms with Gasteiger partial charge in [-0.1, -0.05) is 24.3 Å². The molecule has 0 atom stereocenters. The van der Waals surface area contributed by atoms with E-state index >= 15 is 0 Å². The summed E-state index contributed by atoms with van der Waals surface area (Å²) in [5.41, 5.74) is 3.26. The maximum absolute atomic E-state index is 6.23. The normalized spacial score (nSPS) is 19.4. The SMILES string of the molecule is CC1(C)OB(c2cccc3c2oc2c4ccccc4oc32)OC1(C)C. The van der Waals surface area contributed by atoms with E-state index in [0.717, 1.165) is 38.6 Å². The van der Waals surface area contributed by atoms with Crippen LogP contribution in [0, 0.1) is 0 Å². The number of rotatable bonds is 1. The molecule has 4 nitrogen and oxygen atoms in total. The third-order valence-electron chi connectivity index (χ3n) is 5.55. The minimum absolute atomic E-state index is 0.391. The summed E-state index contributed by atoms with van der Waals surface area (Å²) in [6.07, 6.45) is 0. The largest absolute Gasteiger partial charge is 0.498 e. The predicted molar refractivity (Wildman–Crippen MR) is 99.2 cm³/mol. The highest BCUT2D eigenvalue weighted by atomic mass is 16.7. The second-order valence-electron chi connectivity index (χ2n) is 7.67. The number of hydrogen-bond donors (Lipinski definition) is 0. The summed E-state index contributed by atoms with van der Waals surface area (Å²) in [5.74, 6) is 0. The van der Waals surface area contributed by atoms with Crippen molar-refractivity contribution in [2.75, 3.05) is 0 Å². The van der Waals surface area contributed by atoms with Gasteiger partial charge in [0.15, 0.2) is 11.2 Å². The molecule has 0 N–H and O–H groups in total. The molecule has 0 radical (unpaired) electrons. The number of fused-ring (bicyclic) bond motifs is 5. The van der Waals surface area contributed by atoms with Gasteiger partial charge in [0.05, 0.1) is 22.0 Å². The van der Waals surface area contributed by atoms with Gasteiger partial charge in [0.25, 0.3) is 0 Å². The zero-order chi connectivity index (χ0) is 17.4. The predicted octanol–water partition coefficient (Wildman–Crippen LogP) is 4.63. The third kappa shape index (κ3) is 1.97. The van der Waals surface area contributed by atoms with E-state index in [4.69, 9.17) is 18.1 Å². The first-order valence-corrected chi connectivity index (χ1v) is 8.56. The van der Waals surface area contributed by atoms with Gasteiger partial charge in [-0.05, 0) is 45.9 Å². The van der Waals surface area contributed by atoms with Crippen molar-refractivity contribution in [3.63, 3.8) is 0 Å². The molecule has 25 heavy (non-hydrogen) atoms. The summed E-state index contributed by atoms with van der Waals surface area (Å²) >= 11 is 0. The lowest BCUT2D eigenvalue weighted by atomic mass is 9.78. The summed E-state index contributed by atoms with van der Waals surface area (Å²) in [5, 5.41) is 1.92. The molecular weight excluding hydrogens is 315 g/mol. The third-order valence-corrected chi connectivity index (χ3v) is 5.55. The molecule has 0 aliphatic carbocycles. The van der Waals surface area contributed by atoms with E-state index in [9.17, 15) is 0 Å². The fraction of sp³-hybridized carbons (Fsp3) is 0.300. The Bertz CT molecular complexity index is 1100. The van der Waals surface area contributed by atoms with Gasteiger partial charge in [-0.25, -0.2) is 0 Å². The second-order valence-corrected chi connectivity index (χ2v) is 7.67. The van der Waals surface area contributed by atoms with Crippen LogP contribution < -0.4 is 5.46 Å². The fourth-order valence-electron chi connectivity index (χ4n) is 3.41. The van der Waals surface area contributed by atoms with Crippen LogP contribution in [0.4, 0.5) is 0 Å². The average molecular weight is 334 g/mol. The van der Waals surface area contributed by atoms with Crippen LogP contribution in [-0.4, -0.2) is 18.3 Å². The van der Waals surface area contributed by atoms with Crippen LogP contribution in [0.25, 0.3) is 33.1 Å². The van der Waals surface area contributed by atoms with Gasteiger partial charge in [0.1, 0.15) is 11.2 Å². The molecule has 5 rings (SSSR count). The molecule has 1 saturated heterocycles. The highest BCUT2D eigenvalue weighted by molar-refractivity contribution is 6.65. The first-order chi connectivity index (χ1) is 11.9. The van der Waals surface area contributed by atoms with Gasteiger partial charge in [0, 0.05) is 5.46 Å². The Balaban J connectivity index is 1.74. The molecule has 2 aromatic carbocycles. The quantitative estimate of drug-likeness (QED) is 0.476. The van der Waals surface area contributed by atoms with Gasteiger partial charge in [0.2, 0.25) is 0 Å². The zero-order valence-electron chi connectivity index (χ0n) is 14.8. The Morgan fingerprint density at radius 1 is 0.680 bits per heavy atom. The molecule has 5 heteroatoms. The van der Waals surface area contributed by atoms with Crippen LogP contribution in [-0.2, 0) is 9.31 Å². The lowest BCUT2D eigenvalue weighted by Crippen LogP contribution is -2.41. The van der Waals surface area contributed by atoms with Crippen LogP contribution in [0.15, 0.2) is 51.3 Å². The molecule has 1 aliphatic rings. The monoisotopic (exact) mass is 334 g/mol. The van der Waals surface area contributed by atoms with Gasteiger partial charge in [-0.15, -0.1) is 0 Å². The van der Waals surface area contributed by atoms with E-state index in [-0.39, 0.29) is 0 Å². The van der Waals surface area contributed by atoms with E-state index in [2.05, 4.69) is 27.7 Å². The molecule has 0 spiro atoms. The lowest BCUT2D eigenvalue weighted by Gasteiger charge is -2.32. The van der Waals surface area contributed by atoms with E-state index in [1.807, 2.05) is 42.5 Å². The molecule has 2 aromatic heterocycles. The molecule has 126 valence electrons. The molecule has 0 amide bonds. The molecule has 0 saturated carbocycles. The van der Waals surface area contributed by atoms with Gasteiger partial charge >= 0.3 is 7.12 Å². The van der Waals surface area contributed by atoms with Crippen molar-refractivity contribution in [1.29, 1.82) is 0 Å². The number of para-hydroxylation sites is 2. The average Bonchev–Trinajstić information content (AvgIpc) is 3.15. The van der Waals surface area contributed by atoms with Crippen LogP contribution in [0.3, 0.4) is 0 Å². The van der Waals surface area contributed by atoms with E-state index < -0.39 is 18.3 Å². The Kier molecular flexibility index (Phi) is 2.82. The molecule has 1 fully saturated rings. The Morgan fingerprint density at radius 3 is 2.08 bits per heavy atom. The molecular formula is C20H19BO4. The van der Waals surface area contributed by atoms with Crippen molar-refractivity contribution >= 4 is 45.7 Å². The van der Waals surface area contributed by atoms with Gasteiger partial charge < -0.3 is 18.1 Å². The molecule has 0 unspecified atom stereocenters. The van der Waals surface area contributed by atoms with Crippen molar-refractivity contribution in [3.8, 4) is 0 Å². The van der Waals surface area contributed by atoms with E-state index in [1.165, 1.54) is 0 Å². The van der Waals surface area contributed by atoms with Crippen molar-refractivity contribution < 1.29 is 18.1 Å².